The van der Waals surface area contributed by atoms with E-state index in [2.05, 4.69) is 11.8 Å². The van der Waals surface area contributed by atoms with Gasteiger partial charge in [0.1, 0.15) is 5.60 Å². The van der Waals surface area contributed by atoms with Crippen molar-refractivity contribution >= 4 is 6.09 Å². The van der Waals surface area contributed by atoms with Gasteiger partial charge in [-0.1, -0.05) is 24.0 Å². The second kappa shape index (κ2) is 6.86. The molecule has 1 aliphatic carbocycles. The van der Waals surface area contributed by atoms with Crippen LogP contribution in [0, 0.1) is 30.6 Å². The van der Waals surface area contributed by atoms with Gasteiger partial charge in [0.2, 0.25) is 0 Å². The van der Waals surface area contributed by atoms with E-state index in [-0.39, 0.29) is 12.0 Å². The molecule has 1 saturated carbocycles. The van der Waals surface area contributed by atoms with Crippen molar-refractivity contribution in [2.45, 2.75) is 38.7 Å². The van der Waals surface area contributed by atoms with E-state index in [1.54, 1.807) is 4.90 Å². The van der Waals surface area contributed by atoms with Gasteiger partial charge < -0.3 is 14.7 Å². The highest BCUT2D eigenvalue weighted by Crippen LogP contribution is 2.42. The lowest BCUT2D eigenvalue weighted by molar-refractivity contribution is -0.00794. The molecule has 0 radical (unpaired) electrons. The monoisotopic (exact) mass is 327 g/mol. The molecular weight excluding hydrogens is 302 g/mol. The summed E-state index contributed by atoms with van der Waals surface area (Å²) in [6.45, 7) is 5.41. The zero-order valence-corrected chi connectivity index (χ0v) is 14.4. The van der Waals surface area contributed by atoms with Crippen molar-refractivity contribution in [3.05, 3.63) is 35.4 Å². The minimum Gasteiger partial charge on any atom is -0.450 e. The fourth-order valence-electron chi connectivity index (χ4n) is 3.95. The predicted octanol–water partition coefficient (Wildman–Crippen LogP) is 2.97. The van der Waals surface area contributed by atoms with Gasteiger partial charge in [-0.15, -0.1) is 0 Å². The molecule has 3 unspecified atom stereocenters. The molecule has 2 aliphatic rings. The minimum absolute atomic E-state index is 0.00738. The number of carbonyl (C=O) groups is 1. The number of nitrogens with zero attached hydrogens (tertiary/aromatic N) is 1. The Balaban J connectivity index is 1.79. The minimum atomic E-state index is -1.02. The highest BCUT2D eigenvalue weighted by atomic mass is 16.6. The molecule has 1 aromatic rings. The molecular formula is C20H25NO3. The van der Waals surface area contributed by atoms with Crippen molar-refractivity contribution in [2.75, 3.05) is 19.7 Å². The molecule has 24 heavy (non-hydrogen) atoms. The van der Waals surface area contributed by atoms with Crippen LogP contribution in [0.3, 0.4) is 0 Å². The first-order valence-corrected chi connectivity index (χ1v) is 8.76. The molecule has 0 bridgehead atoms. The normalized spacial score (nSPS) is 28.7. The molecule has 1 aliphatic heterocycles. The number of hydrogen-bond acceptors (Lipinski definition) is 3. The van der Waals surface area contributed by atoms with E-state index in [0.29, 0.717) is 32.0 Å². The van der Waals surface area contributed by atoms with Crippen molar-refractivity contribution in [1.29, 1.82) is 0 Å². The van der Waals surface area contributed by atoms with Gasteiger partial charge in [0, 0.05) is 24.6 Å². The lowest BCUT2D eigenvalue weighted by Crippen LogP contribution is -2.44. The van der Waals surface area contributed by atoms with Gasteiger partial charge in [-0.3, -0.25) is 0 Å². The molecule has 1 aromatic carbocycles. The second-order valence-electron chi connectivity index (χ2n) is 6.91. The van der Waals surface area contributed by atoms with Crippen LogP contribution in [0.25, 0.3) is 0 Å². The Morgan fingerprint density at radius 2 is 2.29 bits per heavy atom. The second-order valence-corrected chi connectivity index (χ2v) is 6.91. The zero-order chi connectivity index (χ0) is 17.2. The predicted molar refractivity (Wildman–Crippen MR) is 92.4 cm³/mol. The number of amides is 1. The van der Waals surface area contributed by atoms with E-state index in [0.717, 1.165) is 24.0 Å². The van der Waals surface area contributed by atoms with Gasteiger partial charge in [-0.2, -0.15) is 0 Å². The van der Waals surface area contributed by atoms with E-state index in [4.69, 9.17) is 4.74 Å². The highest BCUT2D eigenvalue weighted by molar-refractivity contribution is 5.68. The third-order valence-electron chi connectivity index (χ3n) is 5.15. The van der Waals surface area contributed by atoms with Gasteiger partial charge in [0.15, 0.2) is 0 Å². The Morgan fingerprint density at radius 3 is 3.04 bits per heavy atom. The smallest absolute Gasteiger partial charge is 0.409 e. The first kappa shape index (κ1) is 16.9. The van der Waals surface area contributed by atoms with E-state index >= 15 is 0 Å². The van der Waals surface area contributed by atoms with Crippen molar-refractivity contribution < 1.29 is 14.6 Å². The van der Waals surface area contributed by atoms with Crippen LogP contribution in [0.4, 0.5) is 4.79 Å². The molecule has 4 nitrogen and oxygen atoms in total. The Hall–Kier alpha value is -1.99. The zero-order valence-electron chi connectivity index (χ0n) is 14.4. The summed E-state index contributed by atoms with van der Waals surface area (Å²) in [6, 6.07) is 8.00. The Morgan fingerprint density at radius 1 is 1.46 bits per heavy atom. The molecule has 1 N–H and O–H groups in total. The Bertz CT molecular complexity index is 675. The van der Waals surface area contributed by atoms with Crippen LogP contribution in [-0.2, 0) is 4.74 Å². The Labute approximate surface area is 143 Å². The molecule has 3 rings (SSSR count). The van der Waals surface area contributed by atoms with Crippen molar-refractivity contribution in [3.8, 4) is 11.8 Å². The Kier molecular flexibility index (Phi) is 4.82. The average molecular weight is 327 g/mol. The summed E-state index contributed by atoms with van der Waals surface area (Å²) in [6.07, 6.45) is 2.37. The quantitative estimate of drug-likeness (QED) is 0.807. The number of aliphatic hydroxyl groups is 1. The maximum atomic E-state index is 12.0. The van der Waals surface area contributed by atoms with Crippen LogP contribution in [0.1, 0.15) is 37.3 Å². The summed E-state index contributed by atoms with van der Waals surface area (Å²) in [5, 5.41) is 11.1. The third-order valence-corrected chi connectivity index (χ3v) is 5.15. The van der Waals surface area contributed by atoms with Crippen LogP contribution >= 0.6 is 0 Å². The summed E-state index contributed by atoms with van der Waals surface area (Å²) in [5.74, 6) is 6.59. The van der Waals surface area contributed by atoms with E-state index in [1.807, 2.05) is 38.1 Å². The van der Waals surface area contributed by atoms with Crippen LogP contribution in [-0.4, -0.2) is 41.4 Å². The number of benzene rings is 1. The topological polar surface area (TPSA) is 49.8 Å². The number of ether oxygens (including phenoxy) is 1. The fourth-order valence-corrected chi connectivity index (χ4v) is 3.95. The molecule has 2 fully saturated rings. The van der Waals surface area contributed by atoms with Crippen LogP contribution < -0.4 is 0 Å². The number of likely N-dealkylation sites (tertiary alicyclic amines) is 1. The van der Waals surface area contributed by atoms with Crippen molar-refractivity contribution in [1.82, 2.24) is 4.90 Å². The van der Waals surface area contributed by atoms with Gasteiger partial charge in [-0.25, -0.2) is 4.79 Å². The first-order valence-electron chi connectivity index (χ1n) is 8.76. The number of carbonyl (C=O) groups excluding carboxylic acids is 1. The highest BCUT2D eigenvalue weighted by Gasteiger charge is 2.49. The summed E-state index contributed by atoms with van der Waals surface area (Å²) in [4.78, 5) is 13.7. The maximum absolute atomic E-state index is 12.0. The van der Waals surface area contributed by atoms with Crippen molar-refractivity contribution in [3.63, 3.8) is 0 Å². The average Bonchev–Trinajstić information content (AvgIpc) is 3.00. The van der Waals surface area contributed by atoms with Gasteiger partial charge in [0.05, 0.1) is 6.61 Å². The largest absolute Gasteiger partial charge is 0.450 e. The molecule has 128 valence electrons. The maximum Gasteiger partial charge on any atom is 0.409 e. The number of aryl methyl sites for hydroxylation is 1. The molecule has 1 heterocycles. The molecule has 1 amide bonds. The third kappa shape index (κ3) is 3.42. The lowest BCUT2D eigenvalue weighted by Gasteiger charge is -2.37. The van der Waals surface area contributed by atoms with Gasteiger partial charge >= 0.3 is 6.09 Å². The summed E-state index contributed by atoms with van der Waals surface area (Å²) in [5.41, 5.74) is 1.06. The van der Waals surface area contributed by atoms with E-state index < -0.39 is 5.60 Å². The number of rotatable bonds is 1. The van der Waals surface area contributed by atoms with E-state index in [1.165, 1.54) is 0 Å². The van der Waals surface area contributed by atoms with Crippen LogP contribution in [0.15, 0.2) is 24.3 Å². The van der Waals surface area contributed by atoms with Gasteiger partial charge in [-0.05, 0) is 56.7 Å². The standard InChI is InChI=1S/C20H25NO3/c1-3-24-19(22)21-13-17-8-5-10-20(23,18(17)14-21)11-9-16-7-4-6-15(2)12-16/h4,6-7,12,17-18,23H,3,5,8,10,13-14H2,1-2H3. The molecule has 0 aromatic heterocycles. The fraction of sp³-hybridized carbons (Fsp3) is 0.550. The first-order chi connectivity index (χ1) is 11.5. The molecule has 0 spiro atoms. The molecule has 1 saturated heterocycles. The number of hydrogen-bond donors (Lipinski definition) is 1. The van der Waals surface area contributed by atoms with Gasteiger partial charge in [0.25, 0.3) is 0 Å². The number of fused-ring (bicyclic) bond motifs is 1. The molecule has 3 atom stereocenters. The van der Waals surface area contributed by atoms with Crippen LogP contribution in [0.5, 0.6) is 0 Å². The lowest BCUT2D eigenvalue weighted by atomic mass is 9.71. The molecule has 4 heteroatoms. The SMILES string of the molecule is CCOC(=O)N1CC2CCCC(O)(C#Cc3cccc(C)c3)C2C1. The summed E-state index contributed by atoms with van der Waals surface area (Å²) >= 11 is 0. The van der Waals surface area contributed by atoms with Crippen molar-refractivity contribution in [2.24, 2.45) is 11.8 Å². The van der Waals surface area contributed by atoms with E-state index in [9.17, 15) is 9.90 Å². The summed E-state index contributed by atoms with van der Waals surface area (Å²) in [7, 11) is 0. The van der Waals surface area contributed by atoms with Crippen LogP contribution in [0.2, 0.25) is 0 Å². The summed E-state index contributed by atoms with van der Waals surface area (Å²) < 4.78 is 5.11.